The van der Waals surface area contributed by atoms with E-state index in [1.165, 1.54) is 6.07 Å². The maximum Gasteiger partial charge on any atom is 0.255 e. The van der Waals surface area contributed by atoms with Crippen LogP contribution in [0.2, 0.25) is 0 Å². The van der Waals surface area contributed by atoms with Gasteiger partial charge in [-0.05, 0) is 38.1 Å². The minimum atomic E-state index is -0.988. The van der Waals surface area contributed by atoms with E-state index < -0.39 is 11.6 Å². The van der Waals surface area contributed by atoms with Crippen molar-refractivity contribution in [1.82, 2.24) is 0 Å². The van der Waals surface area contributed by atoms with Crippen molar-refractivity contribution < 1.29 is 13.6 Å². The molecule has 1 N–H and O–H groups in total. The van der Waals surface area contributed by atoms with Crippen molar-refractivity contribution in [2.24, 2.45) is 0 Å². The molecule has 0 aliphatic carbocycles. The Morgan fingerprint density at radius 1 is 0.947 bits per heavy atom. The highest BCUT2D eigenvalue weighted by molar-refractivity contribution is 6.04. The van der Waals surface area contributed by atoms with Gasteiger partial charge in [-0.3, -0.25) is 4.79 Å². The molecule has 0 heterocycles. The van der Waals surface area contributed by atoms with Gasteiger partial charge in [-0.1, -0.05) is 17.2 Å². The van der Waals surface area contributed by atoms with Crippen LogP contribution in [0.25, 0.3) is 0 Å². The highest BCUT2D eigenvalue weighted by Crippen LogP contribution is 2.15. The van der Waals surface area contributed by atoms with Gasteiger partial charge in [0.15, 0.2) is 11.6 Å². The molecule has 0 radical (unpaired) electrons. The highest BCUT2D eigenvalue weighted by atomic mass is 19.2. The van der Waals surface area contributed by atoms with Gasteiger partial charge in [-0.25, -0.2) is 8.78 Å². The molecule has 0 spiro atoms. The smallest absolute Gasteiger partial charge is 0.255 e. The third kappa shape index (κ3) is 3.16. The van der Waals surface area contributed by atoms with Crippen molar-refractivity contribution in [3.8, 4) is 0 Å². The van der Waals surface area contributed by atoms with Crippen LogP contribution < -0.4 is 5.32 Å². The zero-order chi connectivity index (χ0) is 14.0. The fourth-order valence-corrected chi connectivity index (χ4v) is 1.88. The molecule has 1 amide bonds. The number of anilines is 1. The lowest BCUT2D eigenvalue weighted by Crippen LogP contribution is -2.12. The van der Waals surface area contributed by atoms with E-state index in [1.54, 1.807) is 12.1 Å². The summed E-state index contributed by atoms with van der Waals surface area (Å²) in [6.45, 7) is 3.78. The number of amides is 1. The molecule has 19 heavy (non-hydrogen) atoms. The van der Waals surface area contributed by atoms with Crippen molar-refractivity contribution >= 4 is 11.6 Å². The first-order valence-corrected chi connectivity index (χ1v) is 5.80. The second-order valence-corrected chi connectivity index (χ2v) is 4.46. The van der Waals surface area contributed by atoms with Gasteiger partial charge in [0.05, 0.1) is 0 Å². The molecule has 0 bridgehead atoms. The van der Waals surface area contributed by atoms with E-state index in [4.69, 9.17) is 0 Å². The van der Waals surface area contributed by atoms with Crippen molar-refractivity contribution in [1.29, 1.82) is 0 Å². The third-order valence-corrected chi connectivity index (χ3v) is 2.66. The van der Waals surface area contributed by atoms with Crippen LogP contribution in [-0.2, 0) is 0 Å². The van der Waals surface area contributed by atoms with E-state index in [0.29, 0.717) is 5.56 Å². The zero-order valence-corrected chi connectivity index (χ0v) is 10.6. The molecule has 0 unspecified atom stereocenters. The number of aryl methyl sites for hydroxylation is 2. The maximum absolute atomic E-state index is 13.0. The van der Waals surface area contributed by atoms with Crippen molar-refractivity contribution in [3.05, 3.63) is 64.7 Å². The van der Waals surface area contributed by atoms with Gasteiger partial charge in [-0.2, -0.15) is 0 Å². The molecule has 2 rings (SSSR count). The molecule has 0 aromatic heterocycles. The summed E-state index contributed by atoms with van der Waals surface area (Å²) < 4.78 is 25.8. The minimum Gasteiger partial charge on any atom is -0.322 e. The number of carbonyl (C=O) groups is 1. The summed E-state index contributed by atoms with van der Waals surface area (Å²) in [5, 5.41) is 2.54. The number of halogens is 2. The molecule has 0 aliphatic rings. The van der Waals surface area contributed by atoms with Crippen molar-refractivity contribution in [3.63, 3.8) is 0 Å². The normalized spacial score (nSPS) is 10.3. The van der Waals surface area contributed by atoms with Crippen molar-refractivity contribution in [2.75, 3.05) is 5.32 Å². The largest absolute Gasteiger partial charge is 0.322 e. The first-order chi connectivity index (χ1) is 8.95. The predicted octanol–water partition coefficient (Wildman–Crippen LogP) is 3.83. The fourth-order valence-electron chi connectivity index (χ4n) is 1.88. The molecule has 98 valence electrons. The van der Waals surface area contributed by atoms with E-state index in [0.717, 1.165) is 23.3 Å². The molecule has 0 saturated heterocycles. The van der Waals surface area contributed by atoms with E-state index in [2.05, 4.69) is 5.32 Å². The van der Waals surface area contributed by atoms with E-state index in [9.17, 15) is 13.6 Å². The van der Waals surface area contributed by atoms with Crippen LogP contribution in [0.4, 0.5) is 14.5 Å². The Morgan fingerprint density at radius 2 is 1.58 bits per heavy atom. The van der Waals surface area contributed by atoms with Gasteiger partial charge < -0.3 is 5.32 Å². The van der Waals surface area contributed by atoms with Crippen LogP contribution in [-0.4, -0.2) is 5.91 Å². The first kappa shape index (κ1) is 13.2. The lowest BCUT2D eigenvalue weighted by Gasteiger charge is -2.07. The highest BCUT2D eigenvalue weighted by Gasteiger charge is 2.09. The van der Waals surface area contributed by atoms with Crippen LogP contribution in [0.5, 0.6) is 0 Å². The van der Waals surface area contributed by atoms with Crippen LogP contribution >= 0.6 is 0 Å². The van der Waals surface area contributed by atoms with Gasteiger partial charge in [-0.15, -0.1) is 0 Å². The maximum atomic E-state index is 13.0. The lowest BCUT2D eigenvalue weighted by molar-refractivity contribution is 0.102. The lowest BCUT2D eigenvalue weighted by atomic mass is 10.1. The summed E-state index contributed by atoms with van der Waals surface area (Å²) in [5.74, 6) is -2.28. The van der Waals surface area contributed by atoms with Gasteiger partial charge in [0.2, 0.25) is 0 Å². The summed E-state index contributed by atoms with van der Waals surface area (Å²) in [5.41, 5.74) is 2.65. The Labute approximate surface area is 110 Å². The average molecular weight is 261 g/mol. The SMILES string of the molecule is Cc1cc(C)cc(C(=O)Nc2ccc(F)c(F)c2)c1. The fraction of sp³-hybridized carbons (Fsp3) is 0.133. The quantitative estimate of drug-likeness (QED) is 0.874. The van der Waals surface area contributed by atoms with Crippen LogP contribution in [0.3, 0.4) is 0 Å². The number of nitrogens with one attached hydrogen (secondary N) is 1. The standard InChI is InChI=1S/C15H13F2NO/c1-9-5-10(2)7-11(6-9)15(19)18-12-3-4-13(16)14(17)8-12/h3-8H,1-2H3,(H,18,19). The summed E-state index contributed by atoms with van der Waals surface area (Å²) in [7, 11) is 0. The second-order valence-electron chi connectivity index (χ2n) is 4.46. The predicted molar refractivity (Wildman–Crippen MR) is 70.2 cm³/mol. The topological polar surface area (TPSA) is 29.1 Å². The molecule has 0 aliphatic heterocycles. The minimum absolute atomic E-state index is 0.225. The number of carbonyl (C=O) groups excluding carboxylic acids is 1. The average Bonchev–Trinajstić information content (AvgIpc) is 2.32. The number of hydrogen-bond donors (Lipinski definition) is 1. The Bertz CT molecular complexity index is 618. The van der Waals surface area contributed by atoms with Gasteiger partial charge in [0, 0.05) is 17.3 Å². The molecule has 4 heteroatoms. The first-order valence-electron chi connectivity index (χ1n) is 5.80. The number of hydrogen-bond acceptors (Lipinski definition) is 1. The van der Waals surface area contributed by atoms with Gasteiger partial charge in [0.1, 0.15) is 0 Å². The molecule has 2 aromatic rings. The summed E-state index contributed by atoms with van der Waals surface area (Å²) in [6, 6.07) is 8.68. The van der Waals surface area contributed by atoms with Crippen molar-refractivity contribution in [2.45, 2.75) is 13.8 Å². The van der Waals surface area contributed by atoms with Crippen LogP contribution in [0.15, 0.2) is 36.4 Å². The van der Waals surface area contributed by atoms with Crippen LogP contribution in [0, 0.1) is 25.5 Å². The number of benzene rings is 2. The summed E-state index contributed by atoms with van der Waals surface area (Å²) in [4.78, 5) is 12.0. The summed E-state index contributed by atoms with van der Waals surface area (Å²) in [6.07, 6.45) is 0. The van der Waals surface area contributed by atoms with E-state index in [1.807, 2.05) is 19.9 Å². The Morgan fingerprint density at radius 3 is 2.16 bits per heavy atom. The molecule has 2 aromatic carbocycles. The number of rotatable bonds is 2. The second kappa shape index (κ2) is 5.18. The third-order valence-electron chi connectivity index (χ3n) is 2.66. The Kier molecular flexibility index (Phi) is 3.60. The summed E-state index contributed by atoms with van der Waals surface area (Å²) >= 11 is 0. The Hall–Kier alpha value is -2.23. The monoisotopic (exact) mass is 261 g/mol. The molecule has 0 saturated carbocycles. The molecule has 2 nitrogen and oxygen atoms in total. The van der Waals surface area contributed by atoms with Gasteiger partial charge in [0.25, 0.3) is 5.91 Å². The van der Waals surface area contributed by atoms with E-state index >= 15 is 0 Å². The molecular weight excluding hydrogens is 248 g/mol. The molecule has 0 atom stereocenters. The Balaban J connectivity index is 2.22. The zero-order valence-electron chi connectivity index (χ0n) is 10.6. The van der Waals surface area contributed by atoms with E-state index in [-0.39, 0.29) is 11.6 Å². The van der Waals surface area contributed by atoms with Gasteiger partial charge >= 0.3 is 0 Å². The molecular formula is C15H13F2NO. The molecule has 0 fully saturated rings. The van der Waals surface area contributed by atoms with Crippen LogP contribution in [0.1, 0.15) is 21.5 Å².